The first-order valence-electron chi connectivity index (χ1n) is 8.35. The fourth-order valence-electron chi connectivity index (χ4n) is 2.28. The van der Waals surface area contributed by atoms with Gasteiger partial charge in [0.1, 0.15) is 0 Å². The number of hydrogen-bond donors (Lipinski definition) is 2. The van der Waals surface area contributed by atoms with Crippen molar-refractivity contribution in [3.05, 3.63) is 65.2 Å². The van der Waals surface area contributed by atoms with Crippen LogP contribution in [0.25, 0.3) is 0 Å². The van der Waals surface area contributed by atoms with Crippen molar-refractivity contribution >= 4 is 15.9 Å². The van der Waals surface area contributed by atoms with Crippen molar-refractivity contribution in [1.29, 1.82) is 0 Å². The van der Waals surface area contributed by atoms with E-state index < -0.39 is 10.0 Å². The van der Waals surface area contributed by atoms with Crippen LogP contribution in [0.5, 0.6) is 0 Å². The Balaban J connectivity index is 1.93. The molecule has 0 saturated carbocycles. The summed E-state index contributed by atoms with van der Waals surface area (Å²) in [5.41, 5.74) is 2.58. The van der Waals surface area contributed by atoms with Crippen molar-refractivity contribution in [2.75, 3.05) is 20.3 Å². The number of rotatable bonds is 9. The standard InChI is InChI=1S/C19H24N2O4S/c1-15-4-6-16(7-5-15)14-20-19(22)17-8-10-18(11-9-17)26(23,24)21-12-3-13-25-2/h4-11,21H,3,12-14H2,1-2H3,(H,20,22). The Morgan fingerprint density at radius 2 is 1.69 bits per heavy atom. The van der Waals surface area contributed by atoms with Crippen LogP contribution in [0.1, 0.15) is 27.9 Å². The van der Waals surface area contributed by atoms with Crippen LogP contribution in [0.2, 0.25) is 0 Å². The maximum atomic E-state index is 12.2. The molecule has 0 aliphatic rings. The summed E-state index contributed by atoms with van der Waals surface area (Å²) in [4.78, 5) is 12.3. The van der Waals surface area contributed by atoms with Gasteiger partial charge in [-0.05, 0) is 43.2 Å². The quantitative estimate of drug-likeness (QED) is 0.658. The smallest absolute Gasteiger partial charge is 0.251 e. The molecule has 0 heterocycles. The largest absolute Gasteiger partial charge is 0.385 e. The highest BCUT2D eigenvalue weighted by Gasteiger charge is 2.14. The van der Waals surface area contributed by atoms with Crippen molar-refractivity contribution in [3.8, 4) is 0 Å². The van der Waals surface area contributed by atoms with Gasteiger partial charge in [-0.2, -0.15) is 0 Å². The van der Waals surface area contributed by atoms with Gasteiger partial charge in [-0.15, -0.1) is 0 Å². The zero-order valence-corrected chi connectivity index (χ0v) is 15.8. The highest BCUT2D eigenvalue weighted by Crippen LogP contribution is 2.11. The van der Waals surface area contributed by atoms with E-state index >= 15 is 0 Å². The second kappa shape index (κ2) is 9.47. The molecule has 7 heteroatoms. The molecule has 0 aromatic heterocycles. The van der Waals surface area contributed by atoms with Crippen molar-refractivity contribution in [2.24, 2.45) is 0 Å². The number of benzene rings is 2. The van der Waals surface area contributed by atoms with Gasteiger partial charge in [-0.1, -0.05) is 29.8 Å². The topological polar surface area (TPSA) is 84.5 Å². The van der Waals surface area contributed by atoms with E-state index in [2.05, 4.69) is 10.0 Å². The van der Waals surface area contributed by atoms with Crippen LogP contribution in [-0.2, 0) is 21.3 Å². The molecule has 0 aliphatic heterocycles. The lowest BCUT2D eigenvalue weighted by molar-refractivity contribution is 0.0951. The second-order valence-electron chi connectivity index (χ2n) is 5.94. The van der Waals surface area contributed by atoms with Crippen LogP contribution in [-0.4, -0.2) is 34.6 Å². The van der Waals surface area contributed by atoms with Crippen LogP contribution in [0.4, 0.5) is 0 Å². The molecule has 2 aromatic carbocycles. The van der Waals surface area contributed by atoms with Crippen LogP contribution < -0.4 is 10.0 Å². The third-order valence-electron chi connectivity index (χ3n) is 3.82. The molecule has 0 atom stereocenters. The Kier molecular flexibility index (Phi) is 7.32. The Labute approximate surface area is 154 Å². The fraction of sp³-hybridized carbons (Fsp3) is 0.316. The molecular weight excluding hydrogens is 352 g/mol. The molecular formula is C19H24N2O4S. The number of hydrogen-bond acceptors (Lipinski definition) is 4. The maximum Gasteiger partial charge on any atom is 0.251 e. The molecule has 2 N–H and O–H groups in total. The van der Waals surface area contributed by atoms with E-state index in [9.17, 15) is 13.2 Å². The number of nitrogens with one attached hydrogen (secondary N) is 2. The van der Waals surface area contributed by atoms with Gasteiger partial charge >= 0.3 is 0 Å². The average molecular weight is 376 g/mol. The van der Waals surface area contributed by atoms with Crippen molar-refractivity contribution in [1.82, 2.24) is 10.0 Å². The van der Waals surface area contributed by atoms with Crippen molar-refractivity contribution in [3.63, 3.8) is 0 Å². The van der Waals surface area contributed by atoms with Crippen LogP contribution >= 0.6 is 0 Å². The van der Waals surface area contributed by atoms with Gasteiger partial charge in [0.15, 0.2) is 0 Å². The lowest BCUT2D eigenvalue weighted by Gasteiger charge is -2.08. The summed E-state index contributed by atoms with van der Waals surface area (Å²) in [5.74, 6) is -0.248. The lowest BCUT2D eigenvalue weighted by Crippen LogP contribution is -2.26. The number of aryl methyl sites for hydroxylation is 1. The second-order valence-corrected chi connectivity index (χ2v) is 7.70. The monoisotopic (exact) mass is 376 g/mol. The van der Waals surface area contributed by atoms with E-state index in [0.29, 0.717) is 31.7 Å². The number of sulfonamides is 1. The Hall–Kier alpha value is -2.22. The van der Waals surface area contributed by atoms with Gasteiger partial charge in [-0.3, -0.25) is 4.79 Å². The van der Waals surface area contributed by atoms with Gasteiger partial charge in [-0.25, -0.2) is 13.1 Å². The molecule has 1 amide bonds. The third-order valence-corrected chi connectivity index (χ3v) is 5.29. The van der Waals surface area contributed by atoms with E-state index in [1.807, 2.05) is 31.2 Å². The van der Waals surface area contributed by atoms with Gasteiger partial charge in [0.2, 0.25) is 10.0 Å². The van der Waals surface area contributed by atoms with Crippen molar-refractivity contribution in [2.45, 2.75) is 24.8 Å². The number of ether oxygens (including phenoxy) is 1. The molecule has 0 aliphatic carbocycles. The molecule has 0 bridgehead atoms. The van der Waals surface area contributed by atoms with Gasteiger partial charge in [0.25, 0.3) is 5.91 Å². The average Bonchev–Trinajstić information content (AvgIpc) is 2.65. The molecule has 140 valence electrons. The van der Waals surface area contributed by atoms with Crippen LogP contribution in [0.15, 0.2) is 53.4 Å². The number of carbonyl (C=O) groups is 1. The minimum absolute atomic E-state index is 0.130. The fourth-order valence-corrected chi connectivity index (χ4v) is 3.36. The Morgan fingerprint density at radius 1 is 1.04 bits per heavy atom. The minimum Gasteiger partial charge on any atom is -0.385 e. The summed E-state index contributed by atoms with van der Waals surface area (Å²) < 4.78 is 31.7. The molecule has 0 spiro atoms. The number of carbonyl (C=O) groups excluding carboxylic acids is 1. The SMILES string of the molecule is COCCCNS(=O)(=O)c1ccc(C(=O)NCc2ccc(C)cc2)cc1. The summed E-state index contributed by atoms with van der Waals surface area (Å²) in [6, 6.07) is 13.8. The molecule has 6 nitrogen and oxygen atoms in total. The maximum absolute atomic E-state index is 12.2. The molecule has 2 rings (SSSR count). The Morgan fingerprint density at radius 3 is 2.31 bits per heavy atom. The predicted octanol–water partition coefficient (Wildman–Crippen LogP) is 2.24. The molecule has 0 fully saturated rings. The summed E-state index contributed by atoms with van der Waals surface area (Å²) in [5, 5.41) is 2.82. The van der Waals surface area contributed by atoms with E-state index in [4.69, 9.17) is 4.74 Å². The molecule has 0 saturated heterocycles. The van der Waals surface area contributed by atoms with Gasteiger partial charge in [0, 0.05) is 32.4 Å². The zero-order valence-electron chi connectivity index (χ0n) is 15.0. The van der Waals surface area contributed by atoms with Crippen LogP contribution in [0.3, 0.4) is 0 Å². The lowest BCUT2D eigenvalue weighted by atomic mass is 10.1. The molecule has 0 unspecified atom stereocenters. The number of amides is 1. The third kappa shape index (κ3) is 5.94. The normalized spacial score (nSPS) is 11.3. The summed E-state index contributed by atoms with van der Waals surface area (Å²) in [6.45, 7) is 3.21. The van der Waals surface area contributed by atoms with E-state index in [1.54, 1.807) is 7.11 Å². The zero-order chi connectivity index (χ0) is 19.0. The van der Waals surface area contributed by atoms with Gasteiger partial charge < -0.3 is 10.1 Å². The summed E-state index contributed by atoms with van der Waals surface area (Å²) >= 11 is 0. The molecule has 2 aromatic rings. The summed E-state index contributed by atoms with van der Waals surface area (Å²) in [6.07, 6.45) is 0.592. The Bertz CT molecular complexity index is 816. The first kappa shape index (κ1) is 20.1. The first-order valence-corrected chi connectivity index (χ1v) is 9.83. The first-order chi connectivity index (χ1) is 12.4. The van der Waals surface area contributed by atoms with E-state index in [-0.39, 0.29) is 10.8 Å². The van der Waals surface area contributed by atoms with Crippen molar-refractivity contribution < 1.29 is 17.9 Å². The highest BCUT2D eigenvalue weighted by molar-refractivity contribution is 7.89. The minimum atomic E-state index is -3.58. The molecule has 26 heavy (non-hydrogen) atoms. The van der Waals surface area contributed by atoms with Gasteiger partial charge in [0.05, 0.1) is 4.90 Å². The summed E-state index contributed by atoms with van der Waals surface area (Å²) in [7, 11) is -2.01. The number of methoxy groups -OCH3 is 1. The van der Waals surface area contributed by atoms with E-state index in [0.717, 1.165) is 11.1 Å². The highest BCUT2D eigenvalue weighted by atomic mass is 32.2. The van der Waals surface area contributed by atoms with Crippen LogP contribution in [0, 0.1) is 6.92 Å². The predicted molar refractivity (Wildman–Crippen MR) is 100 cm³/mol. The van der Waals surface area contributed by atoms with E-state index in [1.165, 1.54) is 24.3 Å². The molecule has 0 radical (unpaired) electrons.